The van der Waals surface area contributed by atoms with Crippen LogP contribution in [0.1, 0.15) is 31.4 Å². The molecular weight excluding hydrogens is 298 g/mol. The van der Waals surface area contributed by atoms with Crippen molar-refractivity contribution < 1.29 is 0 Å². The van der Waals surface area contributed by atoms with Crippen molar-refractivity contribution in [1.29, 1.82) is 0 Å². The number of para-hydroxylation sites is 1. The van der Waals surface area contributed by atoms with E-state index in [1.54, 1.807) is 0 Å². The zero-order valence-electron chi connectivity index (χ0n) is 12.6. The molecular formula is C18H22ClNS. The van der Waals surface area contributed by atoms with Crippen molar-refractivity contribution in [1.82, 2.24) is 0 Å². The second-order valence-corrected chi connectivity index (χ2v) is 6.62. The molecule has 3 heteroatoms. The molecule has 2 aromatic rings. The van der Waals surface area contributed by atoms with Gasteiger partial charge in [-0.15, -0.1) is 0 Å². The lowest BCUT2D eigenvalue weighted by molar-refractivity contribution is 0.653. The van der Waals surface area contributed by atoms with Crippen molar-refractivity contribution in [3.63, 3.8) is 0 Å². The van der Waals surface area contributed by atoms with Gasteiger partial charge in [0.15, 0.2) is 0 Å². The Morgan fingerprint density at radius 1 is 1.05 bits per heavy atom. The monoisotopic (exact) mass is 319 g/mol. The summed E-state index contributed by atoms with van der Waals surface area (Å²) >= 11 is 7.95. The Morgan fingerprint density at radius 3 is 2.29 bits per heavy atom. The minimum Gasteiger partial charge on any atom is -0.377 e. The van der Waals surface area contributed by atoms with E-state index in [1.165, 1.54) is 18.4 Å². The SMILES string of the molecule is CCCC(SC)C(Nc1ccccc1)c1ccc(Cl)cc1. The minimum absolute atomic E-state index is 0.291. The summed E-state index contributed by atoms with van der Waals surface area (Å²) in [6.45, 7) is 2.24. The number of benzene rings is 2. The molecule has 2 unspecified atom stereocenters. The molecule has 0 spiro atoms. The van der Waals surface area contributed by atoms with Crippen molar-refractivity contribution in [3.05, 3.63) is 65.2 Å². The minimum atomic E-state index is 0.291. The van der Waals surface area contributed by atoms with Gasteiger partial charge < -0.3 is 5.32 Å². The first-order valence-electron chi connectivity index (χ1n) is 7.34. The van der Waals surface area contributed by atoms with Crippen LogP contribution >= 0.6 is 23.4 Å². The Kier molecular flexibility index (Phi) is 6.47. The predicted molar refractivity (Wildman–Crippen MR) is 96.5 cm³/mol. The lowest BCUT2D eigenvalue weighted by Crippen LogP contribution is -2.23. The van der Waals surface area contributed by atoms with E-state index in [0.717, 1.165) is 10.7 Å². The van der Waals surface area contributed by atoms with Gasteiger partial charge in [0.25, 0.3) is 0 Å². The van der Waals surface area contributed by atoms with Crippen LogP contribution in [0.3, 0.4) is 0 Å². The summed E-state index contributed by atoms with van der Waals surface area (Å²) in [5, 5.41) is 5.01. The van der Waals surface area contributed by atoms with Gasteiger partial charge in [0.1, 0.15) is 0 Å². The molecule has 0 aliphatic heterocycles. The van der Waals surface area contributed by atoms with Crippen molar-refractivity contribution >= 4 is 29.1 Å². The van der Waals surface area contributed by atoms with Gasteiger partial charge in [0.2, 0.25) is 0 Å². The molecule has 0 radical (unpaired) electrons. The highest BCUT2D eigenvalue weighted by Crippen LogP contribution is 2.32. The van der Waals surface area contributed by atoms with Crippen molar-refractivity contribution in [2.45, 2.75) is 31.1 Å². The third kappa shape index (κ3) is 4.69. The van der Waals surface area contributed by atoms with Gasteiger partial charge in [-0.1, -0.05) is 55.3 Å². The van der Waals surface area contributed by atoms with Gasteiger partial charge in [-0.25, -0.2) is 0 Å². The van der Waals surface area contributed by atoms with Crippen LogP contribution in [-0.2, 0) is 0 Å². The van der Waals surface area contributed by atoms with Crippen LogP contribution < -0.4 is 5.32 Å². The summed E-state index contributed by atoms with van der Waals surface area (Å²) in [4.78, 5) is 0. The first kappa shape index (κ1) is 16.3. The molecule has 0 aliphatic rings. The Balaban J connectivity index is 2.26. The quantitative estimate of drug-likeness (QED) is 0.669. The zero-order chi connectivity index (χ0) is 15.1. The summed E-state index contributed by atoms with van der Waals surface area (Å²) in [6, 6.07) is 18.9. The Bertz CT molecular complexity index is 527. The smallest absolute Gasteiger partial charge is 0.0632 e. The van der Waals surface area contributed by atoms with Gasteiger partial charge >= 0.3 is 0 Å². The molecule has 0 fully saturated rings. The van der Waals surface area contributed by atoms with Gasteiger partial charge in [0.05, 0.1) is 6.04 Å². The average Bonchev–Trinajstić information content (AvgIpc) is 2.53. The fraction of sp³-hybridized carbons (Fsp3) is 0.333. The Labute approximate surface area is 137 Å². The number of hydrogen-bond donors (Lipinski definition) is 1. The third-order valence-corrected chi connectivity index (χ3v) is 4.94. The molecule has 0 aliphatic carbocycles. The molecule has 112 valence electrons. The molecule has 0 bridgehead atoms. The molecule has 2 aromatic carbocycles. The summed E-state index contributed by atoms with van der Waals surface area (Å²) in [7, 11) is 0. The van der Waals surface area contributed by atoms with E-state index in [-0.39, 0.29) is 0 Å². The largest absolute Gasteiger partial charge is 0.377 e. The van der Waals surface area contributed by atoms with Gasteiger partial charge in [-0.3, -0.25) is 0 Å². The standard InChI is InChI=1S/C18H22ClNS/c1-3-7-17(21-2)18(14-10-12-15(19)13-11-14)20-16-8-5-4-6-9-16/h4-6,8-13,17-18,20H,3,7H2,1-2H3. The molecule has 1 N–H and O–H groups in total. The van der Waals surface area contributed by atoms with Crippen molar-refractivity contribution in [2.75, 3.05) is 11.6 Å². The molecule has 1 nitrogen and oxygen atoms in total. The summed E-state index contributed by atoms with van der Waals surface area (Å²) < 4.78 is 0. The van der Waals surface area contributed by atoms with Gasteiger partial charge in [0, 0.05) is 16.0 Å². The van der Waals surface area contributed by atoms with Crippen LogP contribution in [0, 0.1) is 0 Å². The molecule has 0 heterocycles. The number of thioether (sulfide) groups is 1. The van der Waals surface area contributed by atoms with Gasteiger partial charge in [-0.05, 0) is 42.5 Å². The van der Waals surface area contributed by atoms with Crippen LogP contribution in [0.25, 0.3) is 0 Å². The van der Waals surface area contributed by atoms with Crippen LogP contribution in [0.2, 0.25) is 5.02 Å². The fourth-order valence-electron chi connectivity index (χ4n) is 2.48. The van der Waals surface area contributed by atoms with Crippen LogP contribution in [0.5, 0.6) is 0 Å². The third-order valence-electron chi connectivity index (χ3n) is 3.57. The number of halogens is 1. The fourth-order valence-corrected chi connectivity index (χ4v) is 3.57. The molecule has 2 rings (SSSR count). The maximum Gasteiger partial charge on any atom is 0.0632 e. The lowest BCUT2D eigenvalue weighted by atomic mass is 10.00. The maximum atomic E-state index is 6.03. The first-order chi connectivity index (χ1) is 10.2. The Morgan fingerprint density at radius 2 is 1.71 bits per heavy atom. The molecule has 0 aromatic heterocycles. The molecule has 2 atom stereocenters. The van der Waals surface area contributed by atoms with E-state index in [2.05, 4.69) is 54.9 Å². The highest BCUT2D eigenvalue weighted by atomic mass is 35.5. The second kappa shape index (κ2) is 8.35. The van der Waals surface area contributed by atoms with E-state index in [4.69, 9.17) is 11.6 Å². The highest BCUT2D eigenvalue weighted by molar-refractivity contribution is 7.99. The first-order valence-corrected chi connectivity index (χ1v) is 9.01. The lowest BCUT2D eigenvalue weighted by Gasteiger charge is -2.28. The van der Waals surface area contributed by atoms with E-state index in [9.17, 15) is 0 Å². The summed E-state index contributed by atoms with van der Waals surface area (Å²) in [6.07, 6.45) is 4.57. The molecule has 0 saturated heterocycles. The number of rotatable bonds is 7. The van der Waals surface area contributed by atoms with Crippen molar-refractivity contribution in [3.8, 4) is 0 Å². The number of hydrogen-bond acceptors (Lipinski definition) is 2. The second-order valence-electron chi connectivity index (χ2n) is 5.10. The predicted octanol–water partition coefficient (Wildman–Crippen LogP) is 6.02. The summed E-state index contributed by atoms with van der Waals surface area (Å²) in [5.74, 6) is 0. The van der Waals surface area contributed by atoms with E-state index in [1.807, 2.05) is 30.0 Å². The summed E-state index contributed by atoms with van der Waals surface area (Å²) in [5.41, 5.74) is 2.45. The van der Waals surface area contributed by atoms with E-state index >= 15 is 0 Å². The molecule has 0 amide bonds. The van der Waals surface area contributed by atoms with Crippen LogP contribution in [0.4, 0.5) is 5.69 Å². The zero-order valence-corrected chi connectivity index (χ0v) is 14.1. The normalized spacial score (nSPS) is 13.7. The number of nitrogens with one attached hydrogen (secondary N) is 1. The Hall–Kier alpha value is -1.12. The van der Waals surface area contributed by atoms with E-state index in [0.29, 0.717) is 11.3 Å². The maximum absolute atomic E-state index is 6.03. The van der Waals surface area contributed by atoms with Gasteiger partial charge in [-0.2, -0.15) is 11.8 Å². The van der Waals surface area contributed by atoms with Crippen molar-refractivity contribution in [2.24, 2.45) is 0 Å². The number of anilines is 1. The topological polar surface area (TPSA) is 12.0 Å². The van der Waals surface area contributed by atoms with Crippen LogP contribution in [-0.4, -0.2) is 11.5 Å². The molecule has 0 saturated carbocycles. The van der Waals surface area contributed by atoms with E-state index < -0.39 is 0 Å². The average molecular weight is 320 g/mol. The highest BCUT2D eigenvalue weighted by Gasteiger charge is 2.21. The molecule has 21 heavy (non-hydrogen) atoms. The van der Waals surface area contributed by atoms with Crippen LogP contribution in [0.15, 0.2) is 54.6 Å².